The third kappa shape index (κ3) is 5.73. The Balaban J connectivity index is 1.24. The van der Waals surface area contributed by atoms with Gasteiger partial charge >= 0.3 is 0 Å². The number of nitriles is 1. The lowest BCUT2D eigenvalue weighted by molar-refractivity contribution is 1.07. The molecule has 250 valence electrons. The Morgan fingerprint density at radius 3 is 1.40 bits per heavy atom. The van der Waals surface area contributed by atoms with E-state index < -0.39 is 0 Å². The molecule has 0 saturated heterocycles. The summed E-state index contributed by atoms with van der Waals surface area (Å²) in [6.07, 6.45) is 0. The first-order valence-electron chi connectivity index (χ1n) is 17.7. The molecule has 2 aromatic heterocycles. The number of hydrogen-bond donors (Lipinski definition) is 0. The van der Waals surface area contributed by atoms with Gasteiger partial charge in [0.2, 0.25) is 0 Å². The summed E-state index contributed by atoms with van der Waals surface area (Å²) in [6, 6.07) is 58.6. The Hall–Kier alpha value is -7.16. The van der Waals surface area contributed by atoms with Crippen LogP contribution in [0, 0.1) is 25.2 Å². The minimum Gasteiger partial charge on any atom is -0.309 e. The first-order valence-corrected chi connectivity index (χ1v) is 17.7. The Bertz CT molecular complexity index is 2700. The maximum atomic E-state index is 10.6. The van der Waals surface area contributed by atoms with Crippen LogP contribution in [-0.4, -0.2) is 19.5 Å². The minimum atomic E-state index is 0.453. The number of aryl methyl sites for hydroxylation is 2. The van der Waals surface area contributed by atoms with Crippen LogP contribution >= 0.6 is 0 Å². The molecule has 9 aromatic rings. The molecule has 0 atom stereocenters. The molecule has 5 nitrogen and oxygen atoms in total. The Morgan fingerprint density at radius 2 is 0.906 bits per heavy atom. The average molecular weight is 680 g/mol. The van der Waals surface area contributed by atoms with Crippen molar-refractivity contribution in [3.8, 4) is 68.2 Å². The van der Waals surface area contributed by atoms with Crippen molar-refractivity contribution in [1.82, 2.24) is 19.5 Å². The smallest absolute Gasteiger partial charge is 0.165 e. The van der Waals surface area contributed by atoms with E-state index in [1.54, 1.807) is 0 Å². The van der Waals surface area contributed by atoms with Gasteiger partial charge in [0, 0.05) is 33.2 Å². The highest BCUT2D eigenvalue weighted by Crippen LogP contribution is 2.39. The third-order valence-electron chi connectivity index (χ3n) is 10.00. The van der Waals surface area contributed by atoms with E-state index in [4.69, 9.17) is 15.0 Å². The van der Waals surface area contributed by atoms with Crippen molar-refractivity contribution >= 4 is 21.8 Å². The zero-order valence-corrected chi connectivity index (χ0v) is 29.3. The monoisotopic (exact) mass is 679 g/mol. The van der Waals surface area contributed by atoms with Gasteiger partial charge in [0.1, 0.15) is 0 Å². The highest BCUT2D eigenvalue weighted by Gasteiger charge is 2.19. The molecule has 9 rings (SSSR count). The largest absolute Gasteiger partial charge is 0.309 e. The maximum absolute atomic E-state index is 10.6. The predicted octanol–water partition coefficient (Wildman–Crippen LogP) is 11.8. The fourth-order valence-electron chi connectivity index (χ4n) is 7.32. The summed E-state index contributed by atoms with van der Waals surface area (Å²) in [7, 11) is 0. The molecule has 2 heterocycles. The summed E-state index contributed by atoms with van der Waals surface area (Å²) >= 11 is 0. The molecule has 0 radical (unpaired) electrons. The lowest BCUT2D eigenvalue weighted by Gasteiger charge is -2.13. The van der Waals surface area contributed by atoms with Crippen LogP contribution in [0.25, 0.3) is 83.9 Å². The number of fused-ring (bicyclic) bond motifs is 3. The quantitative estimate of drug-likeness (QED) is 0.175. The normalized spacial score (nSPS) is 11.2. The first kappa shape index (κ1) is 31.8. The van der Waals surface area contributed by atoms with Crippen molar-refractivity contribution < 1.29 is 0 Å². The van der Waals surface area contributed by atoms with E-state index in [2.05, 4.69) is 115 Å². The van der Waals surface area contributed by atoms with E-state index >= 15 is 0 Å². The van der Waals surface area contributed by atoms with Crippen molar-refractivity contribution in [3.05, 3.63) is 180 Å². The molecule has 5 heteroatoms. The number of hydrogen-bond acceptors (Lipinski definition) is 4. The number of aromatic nitrogens is 4. The van der Waals surface area contributed by atoms with E-state index in [-0.39, 0.29) is 0 Å². The van der Waals surface area contributed by atoms with E-state index in [1.165, 1.54) is 33.4 Å². The molecule has 0 aliphatic heterocycles. The summed E-state index contributed by atoms with van der Waals surface area (Å²) in [4.78, 5) is 14.7. The van der Waals surface area contributed by atoms with E-state index in [9.17, 15) is 5.26 Å². The van der Waals surface area contributed by atoms with Gasteiger partial charge in [-0.2, -0.15) is 5.26 Å². The summed E-state index contributed by atoms with van der Waals surface area (Å²) in [5, 5.41) is 12.9. The predicted molar refractivity (Wildman–Crippen MR) is 216 cm³/mol. The van der Waals surface area contributed by atoms with Crippen molar-refractivity contribution in [3.63, 3.8) is 0 Å². The second kappa shape index (κ2) is 13.2. The van der Waals surface area contributed by atoms with Crippen LogP contribution in [0.2, 0.25) is 0 Å². The SMILES string of the molecule is Cc1ccccc1-c1ccc2c(c1)c1cc(-c3ccccc3C)ccc1n2-c1ccc(-c2nc(-c3ccccc3)nc(-c3ccccc3)n2)c(C#N)c1. The van der Waals surface area contributed by atoms with Gasteiger partial charge in [0.15, 0.2) is 17.5 Å². The van der Waals surface area contributed by atoms with Gasteiger partial charge in [0.05, 0.1) is 22.7 Å². The van der Waals surface area contributed by atoms with Crippen LogP contribution in [0.3, 0.4) is 0 Å². The Labute approximate surface area is 308 Å². The molecule has 53 heavy (non-hydrogen) atoms. The molecule has 0 N–H and O–H groups in total. The molecular weight excluding hydrogens is 647 g/mol. The van der Waals surface area contributed by atoms with E-state index in [1.807, 2.05) is 72.8 Å². The van der Waals surface area contributed by atoms with Crippen LogP contribution in [0.4, 0.5) is 0 Å². The van der Waals surface area contributed by atoms with Crippen molar-refractivity contribution in [2.45, 2.75) is 13.8 Å². The standard InChI is InChI=1S/C48H33N5/c1-31-13-9-11-19-39(31)35-21-25-44-42(28-35)43-29-36(40-20-12-10-14-32(40)2)22-26-45(43)53(44)38-23-24-41(37(27-38)30-49)48-51-46(33-15-5-3-6-16-33)50-47(52-48)34-17-7-4-8-18-34/h3-29H,1-2H3. The number of rotatable bonds is 6. The first-order chi connectivity index (χ1) is 26.1. The molecule has 0 fully saturated rings. The molecule has 0 amide bonds. The Kier molecular flexibility index (Phi) is 7.91. The van der Waals surface area contributed by atoms with Gasteiger partial charge in [-0.1, -0.05) is 121 Å². The van der Waals surface area contributed by atoms with Gasteiger partial charge in [-0.25, -0.2) is 15.0 Å². The zero-order valence-electron chi connectivity index (χ0n) is 29.3. The molecule has 0 unspecified atom stereocenters. The molecule has 0 saturated carbocycles. The van der Waals surface area contributed by atoms with Crippen LogP contribution < -0.4 is 0 Å². The summed E-state index contributed by atoms with van der Waals surface area (Å²) in [5.41, 5.74) is 13.1. The molecule has 0 aliphatic carbocycles. The van der Waals surface area contributed by atoms with Crippen molar-refractivity contribution in [2.24, 2.45) is 0 Å². The Morgan fingerprint density at radius 1 is 0.434 bits per heavy atom. The molecule has 7 aromatic carbocycles. The van der Waals surface area contributed by atoms with Crippen molar-refractivity contribution in [1.29, 1.82) is 5.26 Å². The maximum Gasteiger partial charge on any atom is 0.165 e. The van der Waals surface area contributed by atoms with Gasteiger partial charge in [0.25, 0.3) is 0 Å². The fraction of sp³-hybridized carbons (Fsp3) is 0.0417. The van der Waals surface area contributed by atoms with Gasteiger partial charge in [-0.05, 0) is 89.7 Å². The summed E-state index contributed by atoms with van der Waals surface area (Å²) in [6.45, 7) is 4.31. The average Bonchev–Trinajstić information content (AvgIpc) is 3.54. The topological polar surface area (TPSA) is 67.4 Å². The van der Waals surface area contributed by atoms with Crippen LogP contribution in [-0.2, 0) is 0 Å². The van der Waals surface area contributed by atoms with E-state index in [0.717, 1.165) is 38.6 Å². The highest BCUT2D eigenvalue weighted by atomic mass is 15.0. The molecule has 0 bridgehead atoms. The second-order valence-electron chi connectivity index (χ2n) is 13.3. The lowest BCUT2D eigenvalue weighted by Crippen LogP contribution is -2.02. The minimum absolute atomic E-state index is 0.453. The highest BCUT2D eigenvalue weighted by molar-refractivity contribution is 6.11. The van der Waals surface area contributed by atoms with Gasteiger partial charge < -0.3 is 4.57 Å². The number of benzene rings is 7. The summed E-state index contributed by atoms with van der Waals surface area (Å²) in [5.74, 6) is 1.56. The van der Waals surface area contributed by atoms with E-state index in [0.29, 0.717) is 28.6 Å². The molecular formula is C48H33N5. The number of nitrogens with zero attached hydrogens (tertiary/aromatic N) is 5. The zero-order chi connectivity index (χ0) is 35.9. The van der Waals surface area contributed by atoms with Crippen LogP contribution in [0.1, 0.15) is 16.7 Å². The van der Waals surface area contributed by atoms with Gasteiger partial charge in [-0.15, -0.1) is 0 Å². The third-order valence-corrected chi connectivity index (χ3v) is 10.00. The van der Waals surface area contributed by atoms with Gasteiger partial charge in [-0.3, -0.25) is 0 Å². The lowest BCUT2D eigenvalue weighted by atomic mass is 9.97. The van der Waals surface area contributed by atoms with Crippen LogP contribution in [0.15, 0.2) is 164 Å². The second-order valence-corrected chi connectivity index (χ2v) is 13.3. The van der Waals surface area contributed by atoms with Crippen LogP contribution in [0.5, 0.6) is 0 Å². The molecule has 0 spiro atoms. The molecule has 0 aliphatic rings. The fourth-order valence-corrected chi connectivity index (χ4v) is 7.32. The summed E-state index contributed by atoms with van der Waals surface area (Å²) < 4.78 is 2.26. The van der Waals surface area contributed by atoms with Crippen molar-refractivity contribution in [2.75, 3.05) is 0 Å².